The largest absolute Gasteiger partial charge is 0.324 e. The Kier molecular flexibility index (Phi) is 6.01. The zero-order chi connectivity index (χ0) is 19.4. The van der Waals surface area contributed by atoms with Gasteiger partial charge in [-0.05, 0) is 54.7 Å². The molecule has 0 saturated heterocycles. The molecule has 5 heteroatoms. The van der Waals surface area contributed by atoms with Gasteiger partial charge in [-0.15, -0.1) is 0 Å². The van der Waals surface area contributed by atoms with E-state index in [1.165, 1.54) is 28.5 Å². The molecule has 2 N–H and O–H groups in total. The number of aromatic amines is 1. The zero-order valence-corrected chi connectivity index (χ0v) is 16.9. The first-order valence-electron chi connectivity index (χ1n) is 9.21. The summed E-state index contributed by atoms with van der Waals surface area (Å²) in [6, 6.07) is 10.4. The van der Waals surface area contributed by atoms with Crippen molar-refractivity contribution in [2.75, 3.05) is 5.32 Å². The summed E-state index contributed by atoms with van der Waals surface area (Å²) in [5.41, 5.74) is 3.77. The van der Waals surface area contributed by atoms with Crippen LogP contribution in [0.3, 0.4) is 0 Å². The predicted molar refractivity (Wildman–Crippen MR) is 115 cm³/mol. The number of hydrogen-bond donors (Lipinski definition) is 2. The number of allylic oxidation sites excluding steroid dienone is 2. The molecule has 2 aromatic rings. The van der Waals surface area contributed by atoms with Crippen molar-refractivity contribution in [2.24, 2.45) is 0 Å². The number of amides is 1. The lowest BCUT2D eigenvalue weighted by Gasteiger charge is -2.13. The number of carbonyl (C=O) groups excluding carboxylic acids is 1. The van der Waals surface area contributed by atoms with Gasteiger partial charge in [0.1, 0.15) is 0 Å². The summed E-state index contributed by atoms with van der Waals surface area (Å²) < 4.78 is 0. The van der Waals surface area contributed by atoms with Gasteiger partial charge in [-0.3, -0.25) is 10.1 Å². The molecule has 1 heterocycles. The number of fused-ring (bicyclic) bond motifs is 1. The van der Waals surface area contributed by atoms with Crippen molar-refractivity contribution in [1.29, 1.82) is 0 Å². The third-order valence-electron chi connectivity index (χ3n) is 4.57. The Morgan fingerprint density at radius 1 is 1.33 bits per heavy atom. The minimum Gasteiger partial charge on any atom is -0.324 e. The van der Waals surface area contributed by atoms with Gasteiger partial charge in [0, 0.05) is 0 Å². The van der Waals surface area contributed by atoms with Crippen molar-refractivity contribution in [3.8, 4) is 0 Å². The SMILES string of the molecule is C=C(C)S/C(=C\C)C(=O)Nc1nc2c([nH]1)=C(c1ccccc1)CCC=2CC. The van der Waals surface area contributed by atoms with E-state index in [2.05, 4.69) is 35.9 Å². The number of benzene rings is 1. The van der Waals surface area contributed by atoms with E-state index in [1.54, 1.807) is 6.08 Å². The minimum atomic E-state index is -0.170. The van der Waals surface area contributed by atoms with Crippen molar-refractivity contribution in [3.05, 3.63) is 69.1 Å². The van der Waals surface area contributed by atoms with Crippen molar-refractivity contribution >= 4 is 34.8 Å². The first-order valence-corrected chi connectivity index (χ1v) is 10.0. The predicted octanol–water partition coefficient (Wildman–Crippen LogP) is 4.07. The summed E-state index contributed by atoms with van der Waals surface area (Å²) >= 11 is 1.37. The number of rotatable bonds is 6. The molecule has 0 unspecified atom stereocenters. The van der Waals surface area contributed by atoms with Crippen LogP contribution in [0.4, 0.5) is 5.95 Å². The van der Waals surface area contributed by atoms with Gasteiger partial charge in [0.05, 0.1) is 15.6 Å². The fraction of sp³-hybridized carbons (Fsp3) is 0.273. The van der Waals surface area contributed by atoms with E-state index in [-0.39, 0.29) is 5.91 Å². The second-order valence-electron chi connectivity index (χ2n) is 6.52. The van der Waals surface area contributed by atoms with Crippen LogP contribution in [-0.4, -0.2) is 15.9 Å². The van der Waals surface area contributed by atoms with Crippen LogP contribution in [-0.2, 0) is 4.79 Å². The fourth-order valence-electron chi connectivity index (χ4n) is 3.29. The Bertz CT molecular complexity index is 1020. The highest BCUT2D eigenvalue weighted by Crippen LogP contribution is 2.25. The normalized spacial score (nSPS) is 14.1. The van der Waals surface area contributed by atoms with Gasteiger partial charge >= 0.3 is 0 Å². The molecule has 3 rings (SSSR count). The highest BCUT2D eigenvalue weighted by atomic mass is 32.2. The van der Waals surface area contributed by atoms with Crippen molar-refractivity contribution in [1.82, 2.24) is 9.97 Å². The van der Waals surface area contributed by atoms with Crippen molar-refractivity contribution < 1.29 is 4.79 Å². The standard InChI is InChI=1S/C22H25N3OS/c1-5-15-12-13-17(16-10-8-7-9-11-16)20-19(15)23-22(24-20)25-21(26)18(6-2)27-14(3)4/h6-11H,3,5,12-13H2,1-2,4H3,(H2,23,24,25,26)/b18-6-. The first kappa shape index (κ1) is 19.2. The third kappa shape index (κ3) is 4.25. The maximum Gasteiger partial charge on any atom is 0.264 e. The van der Waals surface area contributed by atoms with E-state index < -0.39 is 0 Å². The number of nitrogens with zero attached hydrogens (tertiary/aromatic N) is 1. The van der Waals surface area contributed by atoms with Crippen LogP contribution >= 0.6 is 11.8 Å². The molecule has 1 aliphatic carbocycles. The van der Waals surface area contributed by atoms with Crippen molar-refractivity contribution in [3.63, 3.8) is 0 Å². The molecule has 140 valence electrons. The maximum atomic E-state index is 12.6. The number of nitrogens with one attached hydrogen (secondary N) is 2. The average molecular weight is 380 g/mol. The van der Waals surface area contributed by atoms with Gasteiger partial charge in [-0.25, -0.2) is 4.98 Å². The molecular formula is C22H25N3OS. The molecule has 0 radical (unpaired) electrons. The first-order chi connectivity index (χ1) is 13.0. The molecule has 1 amide bonds. The molecule has 0 atom stereocenters. The number of aromatic nitrogens is 2. The van der Waals surface area contributed by atoms with E-state index in [0.29, 0.717) is 10.9 Å². The van der Waals surface area contributed by atoms with Crippen LogP contribution in [0.2, 0.25) is 0 Å². The maximum absolute atomic E-state index is 12.6. The van der Waals surface area contributed by atoms with Gasteiger partial charge in [0.15, 0.2) is 0 Å². The van der Waals surface area contributed by atoms with E-state index >= 15 is 0 Å². The summed E-state index contributed by atoms with van der Waals surface area (Å²) in [5, 5.41) is 4.91. The molecule has 27 heavy (non-hydrogen) atoms. The summed E-state index contributed by atoms with van der Waals surface area (Å²) in [6.45, 7) is 9.75. The smallest absolute Gasteiger partial charge is 0.264 e. The van der Waals surface area contributed by atoms with Crippen LogP contribution in [0, 0.1) is 0 Å². The topological polar surface area (TPSA) is 57.8 Å². The fourth-order valence-corrected chi connectivity index (χ4v) is 3.93. The molecule has 0 fully saturated rings. The number of carbonyl (C=O) groups is 1. The molecule has 0 saturated carbocycles. The number of thioether (sulfide) groups is 1. The highest BCUT2D eigenvalue weighted by molar-refractivity contribution is 8.07. The van der Waals surface area contributed by atoms with Gasteiger partial charge in [-0.1, -0.05) is 61.7 Å². The summed E-state index contributed by atoms with van der Waals surface area (Å²) in [6.07, 6.45) is 4.72. The summed E-state index contributed by atoms with van der Waals surface area (Å²) in [7, 11) is 0. The molecule has 0 spiro atoms. The number of imidazole rings is 1. The van der Waals surface area contributed by atoms with Crippen LogP contribution in [0.5, 0.6) is 0 Å². The lowest BCUT2D eigenvalue weighted by atomic mass is 9.93. The molecular weight excluding hydrogens is 354 g/mol. The number of anilines is 1. The molecule has 4 nitrogen and oxygen atoms in total. The lowest BCUT2D eigenvalue weighted by Crippen LogP contribution is -2.33. The lowest BCUT2D eigenvalue weighted by molar-refractivity contribution is -0.112. The van der Waals surface area contributed by atoms with Gasteiger partial charge < -0.3 is 4.98 Å². The van der Waals surface area contributed by atoms with Crippen LogP contribution in [0.15, 0.2) is 52.8 Å². The quantitative estimate of drug-likeness (QED) is 0.744. The monoisotopic (exact) mass is 379 g/mol. The van der Waals surface area contributed by atoms with Gasteiger partial charge in [0.25, 0.3) is 5.91 Å². The van der Waals surface area contributed by atoms with E-state index in [4.69, 9.17) is 4.98 Å². The van der Waals surface area contributed by atoms with Crippen LogP contribution in [0.25, 0.3) is 11.1 Å². The Morgan fingerprint density at radius 2 is 2.07 bits per heavy atom. The molecule has 0 bridgehead atoms. The summed E-state index contributed by atoms with van der Waals surface area (Å²) in [4.78, 5) is 22.1. The molecule has 1 aliphatic rings. The van der Waals surface area contributed by atoms with E-state index in [9.17, 15) is 4.79 Å². The molecule has 0 aliphatic heterocycles. The van der Waals surface area contributed by atoms with Crippen molar-refractivity contribution in [2.45, 2.75) is 40.0 Å². The number of hydrogen-bond acceptors (Lipinski definition) is 3. The average Bonchev–Trinajstić information content (AvgIpc) is 3.09. The second-order valence-corrected chi connectivity index (χ2v) is 7.86. The molecule has 1 aromatic carbocycles. The molecule has 1 aromatic heterocycles. The van der Waals surface area contributed by atoms with Crippen LogP contribution in [0.1, 0.15) is 45.6 Å². The highest BCUT2D eigenvalue weighted by Gasteiger charge is 2.17. The van der Waals surface area contributed by atoms with Crippen LogP contribution < -0.4 is 16.0 Å². The van der Waals surface area contributed by atoms with E-state index in [0.717, 1.165) is 34.9 Å². The Labute approximate surface area is 164 Å². The Hall–Kier alpha value is -2.53. The Morgan fingerprint density at radius 3 is 2.70 bits per heavy atom. The van der Waals surface area contributed by atoms with E-state index in [1.807, 2.05) is 32.0 Å². The zero-order valence-electron chi connectivity index (χ0n) is 16.1. The summed E-state index contributed by atoms with van der Waals surface area (Å²) in [5.74, 6) is 0.323. The van der Waals surface area contributed by atoms with Gasteiger partial charge in [0.2, 0.25) is 5.95 Å². The van der Waals surface area contributed by atoms with Gasteiger partial charge in [-0.2, -0.15) is 0 Å². The Balaban J connectivity index is 2.03. The minimum absolute atomic E-state index is 0.170. The number of H-pyrrole nitrogens is 1. The second kappa shape index (κ2) is 8.44. The third-order valence-corrected chi connectivity index (χ3v) is 5.56.